The molecule has 1 N–H and O–H groups in total. The van der Waals surface area contributed by atoms with Crippen LogP contribution in [0.25, 0.3) is 0 Å². The second-order valence-electron chi connectivity index (χ2n) is 3.71. The van der Waals surface area contributed by atoms with E-state index in [4.69, 9.17) is 0 Å². The summed E-state index contributed by atoms with van der Waals surface area (Å²) in [6.07, 6.45) is 1.69. The molecule has 2 rings (SSSR count). The Kier molecular flexibility index (Phi) is 4.25. The molecule has 0 amide bonds. The first-order valence-electron chi connectivity index (χ1n) is 5.60. The molecule has 6 heteroatoms. The van der Waals surface area contributed by atoms with Gasteiger partial charge in [-0.25, -0.2) is 9.78 Å². The van der Waals surface area contributed by atoms with E-state index in [1.54, 1.807) is 13.1 Å². The fraction of sp³-hybridized carbons (Fsp3) is 0.154. The molecule has 0 spiro atoms. The lowest BCUT2D eigenvalue weighted by molar-refractivity contribution is 0.0605. The number of nitrogens with one attached hydrogen (secondary N) is 1. The molecule has 1 aromatic heterocycles. The lowest BCUT2D eigenvalue weighted by Gasteiger charge is -1.94. The van der Waals surface area contributed by atoms with Crippen LogP contribution in [0.2, 0.25) is 0 Å². The molecule has 0 bridgehead atoms. The highest BCUT2D eigenvalue weighted by molar-refractivity contribution is 7.17. The first kappa shape index (κ1) is 13.2. The van der Waals surface area contributed by atoms with E-state index in [0.29, 0.717) is 15.7 Å². The molecule has 0 saturated carbocycles. The SMILES string of the molecule is COC(=O)c1sc(N/N=C/c2ccccc2)nc1C. The minimum atomic E-state index is -0.380. The molecule has 19 heavy (non-hydrogen) atoms. The zero-order chi connectivity index (χ0) is 13.7. The maximum absolute atomic E-state index is 11.4. The summed E-state index contributed by atoms with van der Waals surface area (Å²) in [6.45, 7) is 1.76. The van der Waals surface area contributed by atoms with Crippen molar-refractivity contribution in [3.63, 3.8) is 0 Å². The van der Waals surface area contributed by atoms with Gasteiger partial charge >= 0.3 is 5.97 Å². The van der Waals surface area contributed by atoms with Crippen molar-refractivity contribution in [2.75, 3.05) is 12.5 Å². The van der Waals surface area contributed by atoms with Crippen molar-refractivity contribution in [2.24, 2.45) is 5.10 Å². The maximum Gasteiger partial charge on any atom is 0.350 e. The molecule has 0 radical (unpaired) electrons. The van der Waals surface area contributed by atoms with E-state index in [9.17, 15) is 4.79 Å². The Bertz CT molecular complexity index is 593. The van der Waals surface area contributed by atoms with Crippen molar-refractivity contribution >= 4 is 28.7 Å². The van der Waals surface area contributed by atoms with Gasteiger partial charge < -0.3 is 4.74 Å². The molecular weight excluding hydrogens is 262 g/mol. The molecule has 2 aromatic rings. The number of benzene rings is 1. The number of thiazole rings is 1. The molecule has 0 saturated heterocycles. The van der Waals surface area contributed by atoms with Gasteiger partial charge in [0.05, 0.1) is 19.0 Å². The summed E-state index contributed by atoms with van der Waals surface area (Å²) >= 11 is 1.22. The monoisotopic (exact) mass is 275 g/mol. The molecule has 0 aliphatic heterocycles. The van der Waals surface area contributed by atoms with Gasteiger partial charge in [-0.15, -0.1) is 0 Å². The third kappa shape index (κ3) is 3.38. The highest BCUT2D eigenvalue weighted by Crippen LogP contribution is 2.23. The van der Waals surface area contributed by atoms with Gasteiger partial charge in [0.25, 0.3) is 0 Å². The standard InChI is InChI=1S/C13H13N3O2S/c1-9-11(12(17)18-2)19-13(15-9)16-14-8-10-6-4-3-5-7-10/h3-8H,1-2H3,(H,15,16)/b14-8+. The van der Waals surface area contributed by atoms with E-state index in [-0.39, 0.29) is 5.97 Å². The van der Waals surface area contributed by atoms with E-state index in [1.165, 1.54) is 18.4 Å². The van der Waals surface area contributed by atoms with Gasteiger partial charge in [-0.3, -0.25) is 5.43 Å². The van der Waals surface area contributed by atoms with Crippen molar-refractivity contribution in [1.29, 1.82) is 0 Å². The van der Waals surface area contributed by atoms with Crippen molar-refractivity contribution in [3.05, 3.63) is 46.5 Å². The van der Waals surface area contributed by atoms with E-state index in [1.807, 2.05) is 30.3 Å². The third-order valence-corrected chi connectivity index (χ3v) is 3.38. The number of nitrogens with zero attached hydrogens (tertiary/aromatic N) is 2. The molecule has 0 aliphatic rings. The number of methoxy groups -OCH3 is 1. The van der Waals surface area contributed by atoms with Gasteiger partial charge in [0.1, 0.15) is 4.88 Å². The van der Waals surface area contributed by atoms with Gasteiger partial charge in [0.2, 0.25) is 5.13 Å². The first-order chi connectivity index (χ1) is 9.20. The number of rotatable bonds is 4. The summed E-state index contributed by atoms with van der Waals surface area (Å²) in [7, 11) is 1.35. The van der Waals surface area contributed by atoms with E-state index in [2.05, 4.69) is 20.2 Å². The fourth-order valence-electron chi connectivity index (χ4n) is 1.43. The van der Waals surface area contributed by atoms with Crippen LogP contribution >= 0.6 is 11.3 Å². The molecule has 1 heterocycles. The topological polar surface area (TPSA) is 63.6 Å². The zero-order valence-electron chi connectivity index (χ0n) is 10.6. The Morgan fingerprint density at radius 3 is 2.84 bits per heavy atom. The van der Waals surface area contributed by atoms with Crippen LogP contribution in [-0.2, 0) is 4.74 Å². The van der Waals surface area contributed by atoms with Crippen LogP contribution in [0.3, 0.4) is 0 Å². The number of hydrazone groups is 1. The van der Waals surface area contributed by atoms with E-state index < -0.39 is 0 Å². The second-order valence-corrected chi connectivity index (χ2v) is 4.70. The Hall–Kier alpha value is -2.21. The number of carbonyl (C=O) groups is 1. The molecule has 0 atom stereocenters. The summed E-state index contributed by atoms with van der Waals surface area (Å²) < 4.78 is 4.67. The predicted octanol–water partition coefficient (Wildman–Crippen LogP) is 2.68. The quantitative estimate of drug-likeness (QED) is 0.529. The van der Waals surface area contributed by atoms with Crippen LogP contribution in [0.1, 0.15) is 20.9 Å². The largest absolute Gasteiger partial charge is 0.465 e. The molecule has 0 aliphatic carbocycles. The summed E-state index contributed by atoms with van der Waals surface area (Å²) in [6, 6.07) is 9.70. The predicted molar refractivity (Wildman–Crippen MR) is 75.8 cm³/mol. The normalized spacial score (nSPS) is 10.6. The molecule has 1 aromatic carbocycles. The highest BCUT2D eigenvalue weighted by Gasteiger charge is 2.15. The van der Waals surface area contributed by atoms with Crippen LogP contribution in [0.4, 0.5) is 5.13 Å². The van der Waals surface area contributed by atoms with Gasteiger partial charge in [-0.1, -0.05) is 41.7 Å². The zero-order valence-corrected chi connectivity index (χ0v) is 11.4. The minimum absolute atomic E-state index is 0.380. The summed E-state index contributed by atoms with van der Waals surface area (Å²) in [4.78, 5) is 16.1. The number of hydrogen-bond donors (Lipinski definition) is 1. The first-order valence-corrected chi connectivity index (χ1v) is 6.42. The molecule has 98 valence electrons. The van der Waals surface area contributed by atoms with Gasteiger partial charge in [0.15, 0.2) is 0 Å². The Balaban J connectivity index is 2.04. The van der Waals surface area contributed by atoms with Crippen LogP contribution < -0.4 is 5.43 Å². The van der Waals surface area contributed by atoms with Crippen LogP contribution in [0, 0.1) is 6.92 Å². The Labute approximate surface area is 114 Å². The highest BCUT2D eigenvalue weighted by atomic mass is 32.1. The lowest BCUT2D eigenvalue weighted by atomic mass is 10.2. The van der Waals surface area contributed by atoms with Crippen molar-refractivity contribution in [1.82, 2.24) is 4.98 Å². The van der Waals surface area contributed by atoms with Crippen LogP contribution in [-0.4, -0.2) is 24.3 Å². The smallest absolute Gasteiger partial charge is 0.350 e. The maximum atomic E-state index is 11.4. The fourth-order valence-corrected chi connectivity index (χ4v) is 2.26. The van der Waals surface area contributed by atoms with Crippen LogP contribution in [0.5, 0.6) is 0 Å². The number of ether oxygens (including phenoxy) is 1. The molecular formula is C13H13N3O2S. The van der Waals surface area contributed by atoms with Gasteiger partial charge in [-0.2, -0.15) is 5.10 Å². The number of anilines is 1. The van der Waals surface area contributed by atoms with Crippen LogP contribution in [0.15, 0.2) is 35.4 Å². The van der Waals surface area contributed by atoms with Gasteiger partial charge in [0, 0.05) is 0 Å². The number of hydrogen-bond acceptors (Lipinski definition) is 6. The number of carbonyl (C=O) groups excluding carboxylic acids is 1. The lowest BCUT2D eigenvalue weighted by Crippen LogP contribution is -1.99. The Morgan fingerprint density at radius 1 is 1.42 bits per heavy atom. The van der Waals surface area contributed by atoms with Crippen molar-refractivity contribution in [2.45, 2.75) is 6.92 Å². The minimum Gasteiger partial charge on any atom is -0.465 e. The summed E-state index contributed by atoms with van der Waals surface area (Å²) in [5.41, 5.74) is 4.42. The van der Waals surface area contributed by atoms with E-state index >= 15 is 0 Å². The number of aryl methyl sites for hydroxylation is 1. The summed E-state index contributed by atoms with van der Waals surface area (Å²) in [5.74, 6) is -0.380. The van der Waals surface area contributed by atoms with E-state index in [0.717, 1.165) is 5.56 Å². The molecule has 0 fully saturated rings. The average molecular weight is 275 g/mol. The van der Waals surface area contributed by atoms with Gasteiger partial charge in [-0.05, 0) is 12.5 Å². The average Bonchev–Trinajstić information content (AvgIpc) is 2.80. The number of esters is 1. The van der Waals surface area contributed by atoms with Crippen molar-refractivity contribution < 1.29 is 9.53 Å². The molecule has 0 unspecified atom stereocenters. The summed E-state index contributed by atoms with van der Waals surface area (Å²) in [5, 5.41) is 4.63. The number of aromatic nitrogens is 1. The second kappa shape index (κ2) is 6.10. The Morgan fingerprint density at radius 2 is 2.16 bits per heavy atom. The third-order valence-electron chi connectivity index (χ3n) is 2.34. The van der Waals surface area contributed by atoms with Crippen molar-refractivity contribution in [3.8, 4) is 0 Å². The molecule has 5 nitrogen and oxygen atoms in total.